The summed E-state index contributed by atoms with van der Waals surface area (Å²) in [5, 5.41) is 12.5. The van der Waals surface area contributed by atoms with Gasteiger partial charge in [0.1, 0.15) is 36.5 Å². The van der Waals surface area contributed by atoms with Crippen molar-refractivity contribution in [3.05, 3.63) is 124 Å². The summed E-state index contributed by atoms with van der Waals surface area (Å²) >= 11 is 0. The van der Waals surface area contributed by atoms with Gasteiger partial charge >= 0.3 is 0 Å². The minimum absolute atomic E-state index is 0.216. The number of piperidine rings is 1. The largest absolute Gasteiger partial charge is 0.508 e. The molecule has 7 rings (SSSR count). The normalized spacial score (nSPS) is 18.8. The number of nitrogens with zero attached hydrogens (tertiary/aromatic N) is 3. The van der Waals surface area contributed by atoms with Crippen LogP contribution in [0.4, 0.5) is 0 Å². The van der Waals surface area contributed by atoms with Gasteiger partial charge < -0.3 is 19.5 Å². The molecule has 4 aromatic rings. The highest BCUT2D eigenvalue weighted by atomic mass is 16.5. The van der Waals surface area contributed by atoms with Crippen LogP contribution in [-0.4, -0.2) is 96.6 Å². The van der Waals surface area contributed by atoms with Gasteiger partial charge in [0.2, 0.25) is 18.2 Å². The first-order valence-corrected chi connectivity index (χ1v) is 22.2. The van der Waals surface area contributed by atoms with E-state index in [0.717, 1.165) is 74.7 Å². The molecule has 3 unspecified atom stereocenters. The maximum atomic E-state index is 12.3. The highest BCUT2D eigenvalue weighted by Gasteiger charge is 2.33. The molecule has 0 saturated carbocycles. The Bertz CT molecular complexity index is 1910. The SMILES string of the molecule is CC.CC.CC.Cc1ccc(OCCN2CCN(CCOc3ccc(C4c5ccc(O)cc5CCC4c4ccccc4)cc3)CC2)cc1CN(C=O)C1CCC(=O)NC1=O. The van der Waals surface area contributed by atoms with E-state index in [2.05, 4.69) is 75.8 Å². The zero-order valence-corrected chi connectivity index (χ0v) is 37.0. The second kappa shape index (κ2) is 24.8. The van der Waals surface area contributed by atoms with Crippen LogP contribution in [0.3, 0.4) is 0 Å². The first-order valence-electron chi connectivity index (χ1n) is 22.2. The van der Waals surface area contributed by atoms with Gasteiger partial charge in [0.25, 0.3) is 0 Å². The molecule has 0 bridgehead atoms. The quantitative estimate of drug-likeness (QED) is 0.0964. The molecule has 3 amide bonds. The van der Waals surface area contributed by atoms with Gasteiger partial charge in [-0.2, -0.15) is 0 Å². The molecular formula is C50H68N4O6. The van der Waals surface area contributed by atoms with E-state index in [1.807, 2.05) is 78.8 Å². The Kier molecular flexibility index (Phi) is 19.6. The monoisotopic (exact) mass is 821 g/mol. The molecule has 3 atom stereocenters. The number of aromatic hydroxyl groups is 1. The van der Waals surface area contributed by atoms with E-state index in [9.17, 15) is 19.5 Å². The van der Waals surface area contributed by atoms with Gasteiger partial charge in [-0.25, -0.2) is 0 Å². The summed E-state index contributed by atoms with van der Waals surface area (Å²) in [7, 11) is 0. The Hall–Kier alpha value is -5.19. The van der Waals surface area contributed by atoms with Crippen molar-refractivity contribution in [3.63, 3.8) is 0 Å². The fourth-order valence-corrected chi connectivity index (χ4v) is 8.19. The summed E-state index contributed by atoms with van der Waals surface area (Å²) in [5.41, 5.74) is 7.05. The van der Waals surface area contributed by atoms with E-state index in [-0.39, 0.29) is 24.8 Å². The number of aryl methyl sites for hydroxylation is 2. The summed E-state index contributed by atoms with van der Waals surface area (Å²) in [6.07, 6.45) is 3.23. The zero-order chi connectivity index (χ0) is 43.4. The third-order valence-corrected chi connectivity index (χ3v) is 11.3. The molecule has 1 aliphatic carbocycles. The Morgan fingerprint density at radius 3 is 1.97 bits per heavy atom. The Labute approximate surface area is 358 Å². The lowest BCUT2D eigenvalue weighted by Gasteiger charge is -2.35. The van der Waals surface area contributed by atoms with E-state index < -0.39 is 11.9 Å². The summed E-state index contributed by atoms with van der Waals surface area (Å²) in [4.78, 5) is 42.1. The maximum Gasteiger partial charge on any atom is 0.249 e. The maximum absolute atomic E-state index is 12.3. The van der Waals surface area contributed by atoms with Gasteiger partial charge in [0, 0.05) is 58.2 Å². The van der Waals surface area contributed by atoms with Crippen LogP contribution in [-0.2, 0) is 27.3 Å². The molecule has 10 nitrogen and oxygen atoms in total. The lowest BCUT2D eigenvalue weighted by Crippen LogP contribution is -2.51. The van der Waals surface area contributed by atoms with Crippen LogP contribution in [0.25, 0.3) is 0 Å². The highest BCUT2D eigenvalue weighted by Crippen LogP contribution is 2.47. The van der Waals surface area contributed by atoms with Crippen LogP contribution in [0.2, 0.25) is 0 Å². The predicted molar refractivity (Wildman–Crippen MR) is 241 cm³/mol. The van der Waals surface area contributed by atoms with Crippen LogP contribution in [0.1, 0.15) is 106 Å². The Morgan fingerprint density at radius 2 is 1.35 bits per heavy atom. The number of benzene rings is 4. The molecule has 3 aliphatic rings. The number of nitrogens with one attached hydrogen (secondary N) is 1. The fourth-order valence-electron chi connectivity index (χ4n) is 8.19. The molecule has 2 saturated heterocycles. The number of hydrogen-bond donors (Lipinski definition) is 2. The first kappa shape index (κ1) is 47.5. The van der Waals surface area contributed by atoms with E-state index in [1.54, 1.807) is 0 Å². The van der Waals surface area contributed by atoms with Gasteiger partial charge in [0.05, 0.1) is 0 Å². The van der Waals surface area contributed by atoms with Crippen LogP contribution in [0, 0.1) is 6.92 Å². The van der Waals surface area contributed by atoms with Crippen molar-refractivity contribution >= 4 is 18.2 Å². The van der Waals surface area contributed by atoms with Crippen molar-refractivity contribution in [1.29, 1.82) is 0 Å². The molecule has 0 spiro atoms. The van der Waals surface area contributed by atoms with Gasteiger partial charge in [-0.05, 0) is 102 Å². The Morgan fingerprint density at radius 1 is 0.733 bits per heavy atom. The molecule has 10 heteroatoms. The van der Waals surface area contributed by atoms with Crippen molar-refractivity contribution in [2.45, 2.75) is 98.6 Å². The minimum Gasteiger partial charge on any atom is -0.508 e. The number of phenolic OH excluding ortho intramolecular Hbond substituents is 1. The van der Waals surface area contributed by atoms with E-state index in [1.165, 1.54) is 27.2 Å². The van der Waals surface area contributed by atoms with E-state index in [0.29, 0.717) is 37.7 Å². The molecule has 0 aromatic heterocycles. The lowest BCUT2D eigenvalue weighted by atomic mass is 9.69. The summed E-state index contributed by atoms with van der Waals surface area (Å²) < 4.78 is 12.3. The molecule has 2 aliphatic heterocycles. The number of fused-ring (bicyclic) bond motifs is 1. The molecule has 4 aromatic carbocycles. The molecule has 0 radical (unpaired) electrons. The molecule has 324 valence electrons. The van der Waals surface area contributed by atoms with Crippen LogP contribution < -0.4 is 14.8 Å². The summed E-state index contributed by atoms with van der Waals surface area (Å²) in [6, 6.07) is 30.4. The smallest absolute Gasteiger partial charge is 0.249 e. The lowest BCUT2D eigenvalue weighted by molar-refractivity contribution is -0.141. The number of carbonyl (C=O) groups is 3. The molecule has 60 heavy (non-hydrogen) atoms. The average molecular weight is 821 g/mol. The van der Waals surface area contributed by atoms with Gasteiger partial charge in [-0.3, -0.25) is 29.5 Å². The second-order valence-electron chi connectivity index (χ2n) is 14.7. The topological polar surface area (TPSA) is 112 Å². The van der Waals surface area contributed by atoms with Crippen molar-refractivity contribution in [1.82, 2.24) is 20.0 Å². The van der Waals surface area contributed by atoms with Crippen molar-refractivity contribution in [2.75, 3.05) is 52.5 Å². The van der Waals surface area contributed by atoms with Gasteiger partial charge in [-0.15, -0.1) is 0 Å². The van der Waals surface area contributed by atoms with E-state index in [4.69, 9.17) is 9.47 Å². The average Bonchev–Trinajstić information content (AvgIpc) is 3.29. The number of hydrogen-bond acceptors (Lipinski definition) is 8. The third kappa shape index (κ3) is 12.9. The van der Waals surface area contributed by atoms with Crippen LogP contribution in [0.15, 0.2) is 91.0 Å². The first-order chi connectivity index (χ1) is 29.3. The number of imide groups is 1. The third-order valence-electron chi connectivity index (χ3n) is 11.3. The number of piperazine rings is 1. The van der Waals surface area contributed by atoms with Crippen LogP contribution in [0.5, 0.6) is 17.2 Å². The molecule has 2 fully saturated rings. The number of rotatable bonds is 14. The number of ether oxygens (including phenoxy) is 2. The van der Waals surface area contributed by atoms with Crippen LogP contribution >= 0.6 is 0 Å². The predicted octanol–water partition coefficient (Wildman–Crippen LogP) is 8.48. The highest BCUT2D eigenvalue weighted by molar-refractivity contribution is 6.00. The second-order valence-corrected chi connectivity index (χ2v) is 14.7. The number of amides is 3. The van der Waals surface area contributed by atoms with Crippen molar-refractivity contribution in [2.24, 2.45) is 0 Å². The van der Waals surface area contributed by atoms with E-state index >= 15 is 0 Å². The van der Waals surface area contributed by atoms with Gasteiger partial charge in [0.15, 0.2) is 0 Å². The summed E-state index contributed by atoms with van der Waals surface area (Å²) in [6.45, 7) is 21.0. The zero-order valence-electron chi connectivity index (χ0n) is 37.0. The van der Waals surface area contributed by atoms with Gasteiger partial charge in [-0.1, -0.05) is 96.1 Å². The van der Waals surface area contributed by atoms with Crippen molar-refractivity contribution < 1.29 is 29.0 Å². The standard InChI is InChI=1S/C44H50N4O6.3C2H6/c1-31-7-12-38(28-35(31)29-48(30-49)41-17-18-42(51)45-44(41)52)54-26-24-47-21-19-46(20-22-47)23-25-53-37-13-8-33(9-14-37)43-39(32-5-3-2-4-6-32)15-10-34-27-36(50)11-16-40(34)43;3*1-2/h2-9,11-14,16,27-28,30,39,41,43,50H,10,15,17-26,29H2,1H3,(H,45,51,52);3*1-2H3. The summed E-state index contributed by atoms with van der Waals surface area (Å²) in [5.74, 6) is 1.79. The molecule has 2 N–H and O–H groups in total. The van der Waals surface area contributed by atoms with Crippen molar-refractivity contribution in [3.8, 4) is 17.2 Å². The fraction of sp³-hybridized carbons (Fsp3) is 0.460. The Balaban J connectivity index is 0.00000127. The number of carbonyl (C=O) groups excluding carboxylic acids is 3. The number of phenols is 1. The molecule has 2 heterocycles. The molecular weight excluding hydrogens is 753 g/mol. The minimum atomic E-state index is -0.655.